The Balaban J connectivity index is 1.99. The van der Waals surface area contributed by atoms with Crippen molar-refractivity contribution in [2.24, 2.45) is 0 Å². The van der Waals surface area contributed by atoms with Crippen LogP contribution in [0.1, 0.15) is 34.1 Å². The Morgan fingerprint density at radius 2 is 1.56 bits per heavy atom. The topological polar surface area (TPSA) is 0 Å². The molecule has 0 aliphatic rings. The van der Waals surface area contributed by atoms with Gasteiger partial charge in [0.1, 0.15) is 0 Å². The van der Waals surface area contributed by atoms with Crippen LogP contribution in [0.5, 0.6) is 0 Å². The maximum absolute atomic E-state index is 6.44. The molecule has 18 heavy (non-hydrogen) atoms. The number of halogens is 1. The fourth-order valence-corrected chi connectivity index (χ4v) is 2.59. The second kappa shape index (κ2) is 6.06. The van der Waals surface area contributed by atoms with E-state index in [1.165, 1.54) is 22.3 Å². The molecule has 1 atom stereocenters. The Labute approximate surface area is 115 Å². The van der Waals surface area contributed by atoms with Crippen LogP contribution in [-0.4, -0.2) is 0 Å². The number of alkyl halides is 1. The fourth-order valence-electron chi connectivity index (χ4n) is 2.34. The Hall–Kier alpha value is -1.27. The summed E-state index contributed by atoms with van der Waals surface area (Å²) < 4.78 is 0. The van der Waals surface area contributed by atoms with Gasteiger partial charge in [-0.2, -0.15) is 0 Å². The van der Waals surface area contributed by atoms with Gasteiger partial charge in [0.15, 0.2) is 0 Å². The molecule has 2 rings (SSSR count). The van der Waals surface area contributed by atoms with E-state index in [1.54, 1.807) is 0 Å². The molecule has 0 fully saturated rings. The third-order valence-electron chi connectivity index (χ3n) is 3.13. The maximum atomic E-state index is 6.44. The summed E-state index contributed by atoms with van der Waals surface area (Å²) in [5.41, 5.74) is 5.25. The summed E-state index contributed by atoms with van der Waals surface area (Å²) in [5.74, 6) is 0. The van der Waals surface area contributed by atoms with Gasteiger partial charge in [-0.3, -0.25) is 0 Å². The number of rotatable bonds is 4. The molecule has 0 spiro atoms. The van der Waals surface area contributed by atoms with E-state index in [4.69, 9.17) is 11.6 Å². The summed E-state index contributed by atoms with van der Waals surface area (Å²) in [6.45, 7) is 4.29. The Bertz CT molecular complexity index is 482. The van der Waals surface area contributed by atoms with Crippen molar-refractivity contribution in [3.63, 3.8) is 0 Å². The van der Waals surface area contributed by atoms with Crippen molar-refractivity contribution < 1.29 is 0 Å². The second-order valence-electron chi connectivity index (χ2n) is 4.91. The highest BCUT2D eigenvalue weighted by molar-refractivity contribution is 6.20. The minimum Gasteiger partial charge on any atom is -0.118 e. The molecule has 2 aromatic rings. The Morgan fingerprint density at radius 3 is 2.17 bits per heavy atom. The van der Waals surface area contributed by atoms with Gasteiger partial charge in [-0.1, -0.05) is 59.7 Å². The molecule has 0 radical (unpaired) electrons. The molecule has 0 amide bonds. The summed E-state index contributed by atoms with van der Waals surface area (Å²) in [6, 6.07) is 17.0. The van der Waals surface area contributed by atoms with Gasteiger partial charge in [-0.05, 0) is 37.8 Å². The lowest BCUT2D eigenvalue weighted by atomic mass is 10.0. The van der Waals surface area contributed by atoms with Crippen LogP contribution in [0.3, 0.4) is 0 Å². The number of aryl methyl sites for hydroxylation is 3. The fraction of sp³-hybridized carbons (Fsp3) is 0.294. The average molecular weight is 259 g/mol. The first-order valence-electron chi connectivity index (χ1n) is 6.41. The molecule has 0 N–H and O–H groups in total. The van der Waals surface area contributed by atoms with Crippen LogP contribution in [0, 0.1) is 13.8 Å². The highest BCUT2D eigenvalue weighted by Crippen LogP contribution is 2.25. The predicted octanol–water partition coefficient (Wildman–Crippen LogP) is 5.22. The summed E-state index contributed by atoms with van der Waals surface area (Å²) in [4.78, 5) is 0. The van der Waals surface area contributed by atoms with E-state index in [2.05, 4.69) is 44.2 Å². The normalized spacial score (nSPS) is 12.4. The van der Waals surface area contributed by atoms with Crippen LogP contribution >= 0.6 is 11.6 Å². The van der Waals surface area contributed by atoms with E-state index in [9.17, 15) is 0 Å². The zero-order chi connectivity index (χ0) is 13.0. The van der Waals surface area contributed by atoms with Crippen molar-refractivity contribution in [2.45, 2.75) is 32.1 Å². The number of benzene rings is 2. The second-order valence-corrected chi connectivity index (χ2v) is 5.44. The lowest BCUT2D eigenvalue weighted by molar-refractivity contribution is 0.792. The van der Waals surface area contributed by atoms with Crippen molar-refractivity contribution in [3.05, 3.63) is 70.8 Å². The third-order valence-corrected chi connectivity index (χ3v) is 3.60. The third kappa shape index (κ3) is 3.61. The largest absolute Gasteiger partial charge is 0.118 e. The maximum Gasteiger partial charge on any atom is 0.0588 e. The molecule has 0 aliphatic heterocycles. The van der Waals surface area contributed by atoms with Crippen LogP contribution < -0.4 is 0 Å². The zero-order valence-corrected chi connectivity index (χ0v) is 11.7. The molecule has 1 heteroatoms. The lowest BCUT2D eigenvalue weighted by Gasteiger charge is -2.10. The van der Waals surface area contributed by atoms with E-state index in [-0.39, 0.29) is 5.38 Å². The van der Waals surface area contributed by atoms with Gasteiger partial charge in [0, 0.05) is 0 Å². The van der Waals surface area contributed by atoms with Crippen LogP contribution in [0.4, 0.5) is 0 Å². The molecule has 0 bridgehead atoms. The smallest absolute Gasteiger partial charge is 0.0588 e. The first kappa shape index (κ1) is 13.2. The SMILES string of the molecule is Cc1cc(C)cc(CCC(Cl)c2ccccc2)c1. The first-order valence-corrected chi connectivity index (χ1v) is 6.85. The van der Waals surface area contributed by atoms with Crippen LogP contribution in [0.15, 0.2) is 48.5 Å². The average Bonchev–Trinajstić information content (AvgIpc) is 2.36. The van der Waals surface area contributed by atoms with Crippen LogP contribution in [0.2, 0.25) is 0 Å². The van der Waals surface area contributed by atoms with Gasteiger partial charge in [0.05, 0.1) is 5.38 Å². The zero-order valence-electron chi connectivity index (χ0n) is 11.0. The van der Waals surface area contributed by atoms with Gasteiger partial charge in [0.25, 0.3) is 0 Å². The number of hydrogen-bond donors (Lipinski definition) is 0. The number of hydrogen-bond acceptors (Lipinski definition) is 0. The first-order chi connectivity index (χ1) is 8.65. The molecule has 0 aromatic heterocycles. The van der Waals surface area contributed by atoms with Crippen molar-refractivity contribution in [3.8, 4) is 0 Å². The highest BCUT2D eigenvalue weighted by Gasteiger charge is 2.07. The molecular formula is C17H19Cl. The van der Waals surface area contributed by atoms with Gasteiger partial charge < -0.3 is 0 Å². The van der Waals surface area contributed by atoms with Gasteiger partial charge in [-0.25, -0.2) is 0 Å². The summed E-state index contributed by atoms with van der Waals surface area (Å²) in [7, 11) is 0. The molecule has 2 aromatic carbocycles. The quantitative estimate of drug-likeness (QED) is 0.660. The van der Waals surface area contributed by atoms with Crippen molar-refractivity contribution >= 4 is 11.6 Å². The minimum atomic E-state index is 0.104. The molecule has 0 saturated carbocycles. The van der Waals surface area contributed by atoms with Crippen LogP contribution in [0.25, 0.3) is 0 Å². The summed E-state index contributed by atoms with van der Waals surface area (Å²) in [5, 5.41) is 0.104. The molecule has 94 valence electrons. The standard InChI is InChI=1S/C17H19Cl/c1-13-10-14(2)12-15(11-13)8-9-17(18)16-6-4-3-5-7-16/h3-7,10-12,17H,8-9H2,1-2H3. The van der Waals surface area contributed by atoms with Crippen molar-refractivity contribution in [1.82, 2.24) is 0 Å². The van der Waals surface area contributed by atoms with E-state index >= 15 is 0 Å². The Kier molecular flexibility index (Phi) is 4.43. The summed E-state index contributed by atoms with van der Waals surface area (Å²) >= 11 is 6.44. The summed E-state index contributed by atoms with van der Waals surface area (Å²) in [6.07, 6.45) is 2.01. The van der Waals surface area contributed by atoms with Crippen molar-refractivity contribution in [2.75, 3.05) is 0 Å². The molecule has 1 unspecified atom stereocenters. The molecule has 0 nitrogen and oxygen atoms in total. The van der Waals surface area contributed by atoms with Crippen LogP contribution in [-0.2, 0) is 6.42 Å². The van der Waals surface area contributed by atoms with E-state index < -0.39 is 0 Å². The lowest BCUT2D eigenvalue weighted by Crippen LogP contribution is -1.95. The molecule has 0 heterocycles. The molecular weight excluding hydrogens is 240 g/mol. The molecule has 0 aliphatic carbocycles. The van der Waals surface area contributed by atoms with E-state index in [0.717, 1.165) is 12.8 Å². The van der Waals surface area contributed by atoms with Gasteiger partial charge in [0.2, 0.25) is 0 Å². The van der Waals surface area contributed by atoms with Crippen molar-refractivity contribution in [1.29, 1.82) is 0 Å². The van der Waals surface area contributed by atoms with E-state index in [1.807, 2.05) is 18.2 Å². The molecule has 0 saturated heterocycles. The highest BCUT2D eigenvalue weighted by atomic mass is 35.5. The minimum absolute atomic E-state index is 0.104. The van der Waals surface area contributed by atoms with Gasteiger partial charge >= 0.3 is 0 Å². The van der Waals surface area contributed by atoms with E-state index in [0.29, 0.717) is 0 Å². The monoisotopic (exact) mass is 258 g/mol. The Morgan fingerprint density at radius 1 is 0.944 bits per heavy atom. The predicted molar refractivity (Wildman–Crippen MR) is 79.3 cm³/mol. The van der Waals surface area contributed by atoms with Gasteiger partial charge in [-0.15, -0.1) is 11.6 Å².